The number of amides is 1. The van der Waals surface area contributed by atoms with Crippen LogP contribution in [0.25, 0.3) is 0 Å². The van der Waals surface area contributed by atoms with Crippen LogP contribution < -0.4 is 11.1 Å². The molecule has 0 aliphatic carbocycles. The third kappa shape index (κ3) is 7.68. The lowest BCUT2D eigenvalue weighted by atomic mass is 10.1. The van der Waals surface area contributed by atoms with E-state index in [1.165, 1.54) is 0 Å². The third-order valence-electron chi connectivity index (χ3n) is 2.78. The molecular weight excluding hydrogens is 292 g/mol. The van der Waals surface area contributed by atoms with Gasteiger partial charge in [-0.3, -0.25) is 4.79 Å². The Hall–Kier alpha value is -1.59. The Morgan fingerprint density at radius 2 is 1.90 bits per heavy atom. The SMILES string of the molecule is CCOC(=O)c1ccc(CNC(=O)CCC(C)N)cc1.Cl. The second-order valence-electron chi connectivity index (χ2n) is 4.71. The maximum atomic E-state index is 11.5. The van der Waals surface area contributed by atoms with Crippen molar-refractivity contribution < 1.29 is 14.3 Å². The van der Waals surface area contributed by atoms with Crippen molar-refractivity contribution in [3.8, 4) is 0 Å². The zero-order valence-electron chi connectivity index (χ0n) is 12.4. The summed E-state index contributed by atoms with van der Waals surface area (Å²) < 4.78 is 4.90. The van der Waals surface area contributed by atoms with E-state index in [0.29, 0.717) is 31.6 Å². The number of nitrogens with one attached hydrogen (secondary N) is 1. The quantitative estimate of drug-likeness (QED) is 0.755. The number of nitrogens with two attached hydrogens (primary N) is 1. The van der Waals surface area contributed by atoms with Crippen molar-refractivity contribution in [1.29, 1.82) is 0 Å². The fourth-order valence-corrected chi connectivity index (χ4v) is 1.62. The van der Waals surface area contributed by atoms with Crippen LogP contribution in [-0.2, 0) is 16.1 Å². The Morgan fingerprint density at radius 3 is 2.43 bits per heavy atom. The third-order valence-corrected chi connectivity index (χ3v) is 2.78. The van der Waals surface area contributed by atoms with E-state index < -0.39 is 0 Å². The van der Waals surface area contributed by atoms with Crippen molar-refractivity contribution >= 4 is 24.3 Å². The molecule has 1 amide bonds. The van der Waals surface area contributed by atoms with Crippen molar-refractivity contribution in [2.24, 2.45) is 5.73 Å². The van der Waals surface area contributed by atoms with Crippen LogP contribution in [0, 0.1) is 0 Å². The minimum atomic E-state index is -0.333. The minimum Gasteiger partial charge on any atom is -0.462 e. The second kappa shape index (κ2) is 10.2. The molecule has 0 aliphatic rings. The summed E-state index contributed by atoms with van der Waals surface area (Å²) in [5.74, 6) is -0.350. The first-order chi connectivity index (χ1) is 9.52. The maximum absolute atomic E-state index is 11.5. The minimum absolute atomic E-state index is 0. The van der Waals surface area contributed by atoms with Crippen LogP contribution in [0.1, 0.15) is 42.6 Å². The second-order valence-corrected chi connectivity index (χ2v) is 4.71. The largest absolute Gasteiger partial charge is 0.462 e. The molecule has 0 saturated carbocycles. The van der Waals surface area contributed by atoms with Crippen molar-refractivity contribution in [2.45, 2.75) is 39.3 Å². The van der Waals surface area contributed by atoms with Crippen LogP contribution in [0.4, 0.5) is 0 Å². The normalized spacial score (nSPS) is 11.2. The predicted molar refractivity (Wildman–Crippen MR) is 84.4 cm³/mol. The molecule has 1 atom stereocenters. The lowest BCUT2D eigenvalue weighted by Crippen LogP contribution is -2.25. The summed E-state index contributed by atoms with van der Waals surface area (Å²) in [6, 6.07) is 7.03. The van der Waals surface area contributed by atoms with Crippen molar-refractivity contribution in [3.05, 3.63) is 35.4 Å². The van der Waals surface area contributed by atoms with E-state index >= 15 is 0 Å². The molecule has 0 saturated heterocycles. The molecule has 118 valence electrons. The van der Waals surface area contributed by atoms with Gasteiger partial charge in [-0.05, 0) is 38.0 Å². The van der Waals surface area contributed by atoms with Crippen LogP contribution in [0.5, 0.6) is 0 Å². The van der Waals surface area contributed by atoms with E-state index in [2.05, 4.69) is 5.32 Å². The Bertz CT molecular complexity index is 447. The van der Waals surface area contributed by atoms with Gasteiger partial charge in [0, 0.05) is 19.0 Å². The molecule has 3 N–H and O–H groups in total. The molecule has 1 aromatic carbocycles. The molecule has 0 radical (unpaired) electrons. The summed E-state index contributed by atoms with van der Waals surface area (Å²) in [6.45, 7) is 4.45. The number of benzene rings is 1. The van der Waals surface area contributed by atoms with Crippen LogP contribution in [0.3, 0.4) is 0 Å². The number of carbonyl (C=O) groups is 2. The van der Waals surface area contributed by atoms with Gasteiger partial charge in [0.1, 0.15) is 0 Å². The van der Waals surface area contributed by atoms with Crippen LogP contribution in [0.15, 0.2) is 24.3 Å². The average Bonchev–Trinajstić information content (AvgIpc) is 2.43. The maximum Gasteiger partial charge on any atom is 0.338 e. The van der Waals surface area contributed by atoms with Gasteiger partial charge in [-0.15, -0.1) is 12.4 Å². The summed E-state index contributed by atoms with van der Waals surface area (Å²) in [5.41, 5.74) is 7.04. The molecule has 1 aromatic rings. The topological polar surface area (TPSA) is 81.4 Å². The predicted octanol–water partition coefficient (Wildman–Crippen LogP) is 2.03. The van der Waals surface area contributed by atoms with Crippen molar-refractivity contribution in [2.75, 3.05) is 6.61 Å². The Morgan fingerprint density at radius 1 is 1.29 bits per heavy atom. The zero-order valence-corrected chi connectivity index (χ0v) is 13.2. The molecule has 0 heterocycles. The first-order valence-corrected chi connectivity index (χ1v) is 6.81. The number of rotatable bonds is 7. The molecule has 1 rings (SSSR count). The number of hydrogen-bond donors (Lipinski definition) is 2. The molecular formula is C15H23ClN2O3. The Labute approximate surface area is 131 Å². The molecule has 0 fully saturated rings. The molecule has 21 heavy (non-hydrogen) atoms. The summed E-state index contributed by atoms with van der Waals surface area (Å²) in [6.07, 6.45) is 1.10. The zero-order chi connectivity index (χ0) is 15.0. The van der Waals surface area contributed by atoms with E-state index in [1.54, 1.807) is 31.2 Å². The van der Waals surface area contributed by atoms with Crippen molar-refractivity contribution in [3.63, 3.8) is 0 Å². The number of esters is 1. The van der Waals surface area contributed by atoms with Gasteiger partial charge < -0.3 is 15.8 Å². The molecule has 0 aliphatic heterocycles. The number of ether oxygens (including phenoxy) is 1. The van der Waals surface area contributed by atoms with E-state index in [1.807, 2.05) is 6.92 Å². The van der Waals surface area contributed by atoms with Gasteiger partial charge in [-0.25, -0.2) is 4.79 Å². The summed E-state index contributed by atoms with van der Waals surface area (Å²) >= 11 is 0. The first kappa shape index (κ1) is 19.4. The van der Waals surface area contributed by atoms with E-state index in [9.17, 15) is 9.59 Å². The van der Waals surface area contributed by atoms with Gasteiger partial charge in [0.05, 0.1) is 12.2 Å². The smallest absolute Gasteiger partial charge is 0.338 e. The highest BCUT2D eigenvalue weighted by Crippen LogP contribution is 2.06. The fourth-order valence-electron chi connectivity index (χ4n) is 1.62. The van der Waals surface area contributed by atoms with Crippen LogP contribution in [-0.4, -0.2) is 24.5 Å². The molecule has 1 unspecified atom stereocenters. The highest BCUT2D eigenvalue weighted by Gasteiger charge is 2.06. The van der Waals surface area contributed by atoms with Gasteiger partial charge in [0.2, 0.25) is 5.91 Å². The van der Waals surface area contributed by atoms with Crippen LogP contribution in [0.2, 0.25) is 0 Å². The number of hydrogen-bond acceptors (Lipinski definition) is 4. The number of carbonyl (C=O) groups excluding carboxylic acids is 2. The fraction of sp³-hybridized carbons (Fsp3) is 0.467. The molecule has 6 heteroatoms. The van der Waals surface area contributed by atoms with Crippen LogP contribution >= 0.6 is 12.4 Å². The summed E-state index contributed by atoms with van der Waals surface area (Å²) in [5, 5.41) is 2.82. The van der Waals surface area contributed by atoms with E-state index in [-0.39, 0.29) is 30.3 Å². The Balaban J connectivity index is 0.00000400. The standard InChI is InChI=1S/C15H22N2O3.ClH/c1-3-20-15(19)13-7-5-12(6-8-13)10-17-14(18)9-4-11(2)16;/h5-8,11H,3-4,9-10,16H2,1-2H3,(H,17,18);1H. The highest BCUT2D eigenvalue weighted by molar-refractivity contribution is 5.89. The highest BCUT2D eigenvalue weighted by atomic mass is 35.5. The van der Waals surface area contributed by atoms with E-state index in [4.69, 9.17) is 10.5 Å². The summed E-state index contributed by atoms with van der Waals surface area (Å²) in [7, 11) is 0. The Kier molecular flexibility index (Phi) is 9.41. The first-order valence-electron chi connectivity index (χ1n) is 6.81. The molecule has 0 spiro atoms. The average molecular weight is 315 g/mol. The molecule has 5 nitrogen and oxygen atoms in total. The van der Waals surface area contributed by atoms with Gasteiger partial charge in [0.25, 0.3) is 0 Å². The lowest BCUT2D eigenvalue weighted by Gasteiger charge is -2.07. The molecule has 0 bridgehead atoms. The van der Waals surface area contributed by atoms with Gasteiger partial charge in [0.15, 0.2) is 0 Å². The van der Waals surface area contributed by atoms with Gasteiger partial charge in [-0.2, -0.15) is 0 Å². The number of halogens is 1. The lowest BCUT2D eigenvalue weighted by molar-refractivity contribution is -0.121. The molecule has 0 aromatic heterocycles. The van der Waals surface area contributed by atoms with Gasteiger partial charge in [-0.1, -0.05) is 12.1 Å². The monoisotopic (exact) mass is 314 g/mol. The summed E-state index contributed by atoms with van der Waals surface area (Å²) in [4.78, 5) is 23.0. The van der Waals surface area contributed by atoms with Crippen molar-refractivity contribution in [1.82, 2.24) is 5.32 Å². The van der Waals surface area contributed by atoms with Gasteiger partial charge >= 0.3 is 5.97 Å². The van der Waals surface area contributed by atoms with E-state index in [0.717, 1.165) is 5.56 Å².